The molecule has 1 N–H and O–H groups in total. The molecule has 38 heavy (non-hydrogen) atoms. The lowest BCUT2D eigenvalue weighted by molar-refractivity contribution is -0.147. The maximum Gasteiger partial charge on any atom is 0.338 e. The van der Waals surface area contributed by atoms with Crippen LogP contribution in [-0.4, -0.2) is 42.1 Å². The molecule has 3 rings (SSSR count). The Morgan fingerprint density at radius 3 is 2.16 bits per heavy atom. The Hall–Kier alpha value is -4.30. The van der Waals surface area contributed by atoms with Gasteiger partial charge >= 0.3 is 11.9 Å². The van der Waals surface area contributed by atoms with Gasteiger partial charge in [0.2, 0.25) is 11.7 Å². The van der Waals surface area contributed by atoms with Crippen LogP contribution in [0.4, 0.5) is 5.69 Å². The fourth-order valence-corrected chi connectivity index (χ4v) is 3.54. The van der Waals surface area contributed by atoms with Crippen LogP contribution in [0.15, 0.2) is 72.8 Å². The summed E-state index contributed by atoms with van der Waals surface area (Å²) >= 11 is 5.89. The van der Waals surface area contributed by atoms with Crippen molar-refractivity contribution >= 4 is 46.7 Å². The van der Waals surface area contributed by atoms with Crippen LogP contribution in [0.3, 0.4) is 0 Å². The van der Waals surface area contributed by atoms with E-state index in [1.807, 2.05) is 6.92 Å². The molecule has 1 unspecified atom stereocenters. The number of hydrogen-bond donors (Lipinski definition) is 1. The van der Waals surface area contributed by atoms with Crippen LogP contribution in [0.5, 0.6) is 0 Å². The monoisotopic (exact) mass is 535 g/mol. The van der Waals surface area contributed by atoms with Crippen LogP contribution in [-0.2, 0) is 19.1 Å². The van der Waals surface area contributed by atoms with E-state index < -0.39 is 29.7 Å². The van der Waals surface area contributed by atoms with Gasteiger partial charge in [-0.25, -0.2) is 4.79 Å². The minimum atomic E-state index is -1.02. The van der Waals surface area contributed by atoms with Crippen LogP contribution in [0.25, 0.3) is 0 Å². The predicted molar refractivity (Wildman–Crippen MR) is 141 cm³/mol. The molecular weight excluding hydrogens is 510 g/mol. The zero-order valence-electron chi connectivity index (χ0n) is 20.9. The Balaban J connectivity index is 1.41. The number of benzene rings is 3. The number of carbonyl (C=O) groups is 5. The first-order valence-electron chi connectivity index (χ1n) is 11.8. The molecule has 0 saturated heterocycles. The Labute approximate surface area is 224 Å². The van der Waals surface area contributed by atoms with Gasteiger partial charge in [0.05, 0.1) is 12.0 Å². The van der Waals surface area contributed by atoms with Gasteiger partial charge in [-0.15, -0.1) is 0 Å². The minimum Gasteiger partial charge on any atom is -0.454 e. The van der Waals surface area contributed by atoms with Gasteiger partial charge in [0.1, 0.15) is 0 Å². The quantitative estimate of drug-likeness (QED) is 0.264. The van der Waals surface area contributed by atoms with Crippen molar-refractivity contribution in [3.63, 3.8) is 0 Å². The Morgan fingerprint density at radius 2 is 1.50 bits per heavy atom. The van der Waals surface area contributed by atoms with Crippen molar-refractivity contribution in [1.29, 1.82) is 0 Å². The van der Waals surface area contributed by atoms with Crippen LogP contribution < -0.4 is 5.32 Å². The molecule has 0 aliphatic heterocycles. The minimum absolute atomic E-state index is 0.165. The Kier molecular flexibility index (Phi) is 9.90. The zero-order chi connectivity index (χ0) is 27.7. The molecule has 0 heterocycles. The van der Waals surface area contributed by atoms with Gasteiger partial charge in [-0.3, -0.25) is 19.2 Å². The molecule has 0 aromatic heterocycles. The van der Waals surface area contributed by atoms with E-state index in [-0.39, 0.29) is 30.8 Å². The number of hydrogen-bond acceptors (Lipinski definition) is 7. The van der Waals surface area contributed by atoms with Gasteiger partial charge in [0.15, 0.2) is 18.5 Å². The van der Waals surface area contributed by atoms with Crippen molar-refractivity contribution in [3.8, 4) is 0 Å². The molecule has 8 nitrogen and oxygen atoms in total. The largest absolute Gasteiger partial charge is 0.454 e. The molecule has 0 saturated carbocycles. The number of esters is 2. The second-order valence-corrected chi connectivity index (χ2v) is 8.93. The summed E-state index contributed by atoms with van der Waals surface area (Å²) in [5.74, 6) is -2.53. The lowest BCUT2D eigenvalue weighted by atomic mass is 10.1. The maximum atomic E-state index is 12.4. The highest BCUT2D eigenvalue weighted by Crippen LogP contribution is 2.15. The molecular formula is C29H26ClNO7. The molecule has 0 spiro atoms. The fourth-order valence-electron chi connectivity index (χ4n) is 3.35. The van der Waals surface area contributed by atoms with Crippen LogP contribution >= 0.6 is 11.6 Å². The number of ether oxygens (including phenoxy) is 2. The molecule has 1 atom stereocenters. The van der Waals surface area contributed by atoms with Gasteiger partial charge in [-0.05, 0) is 50.2 Å². The molecule has 0 aliphatic rings. The molecule has 3 aromatic carbocycles. The average molecular weight is 536 g/mol. The summed E-state index contributed by atoms with van der Waals surface area (Å²) in [6, 6.07) is 19.1. The Bertz CT molecular complexity index is 1330. The lowest BCUT2D eigenvalue weighted by Gasteiger charge is -2.12. The summed E-state index contributed by atoms with van der Waals surface area (Å²) < 4.78 is 10.2. The Morgan fingerprint density at radius 1 is 0.842 bits per heavy atom. The summed E-state index contributed by atoms with van der Waals surface area (Å²) in [6.45, 7) is 2.97. The second kappa shape index (κ2) is 13.3. The third-order valence-electron chi connectivity index (χ3n) is 5.46. The van der Waals surface area contributed by atoms with Crippen LogP contribution in [0.2, 0.25) is 5.02 Å². The highest BCUT2D eigenvalue weighted by atomic mass is 35.5. The number of ketones is 2. The second-order valence-electron chi connectivity index (χ2n) is 8.50. The first-order chi connectivity index (χ1) is 18.1. The SMILES string of the molecule is Cc1ccc(C(=O)COC(=O)c2ccc(NC(=O)CCC(=O)OC(C)C(=O)c3cccc(Cl)c3)cc2)cc1. The number of carbonyl (C=O) groups excluding carboxylic acids is 5. The van der Waals surface area contributed by atoms with Crippen molar-refractivity contribution in [2.45, 2.75) is 32.8 Å². The summed E-state index contributed by atoms with van der Waals surface area (Å²) in [5.41, 5.74) is 2.40. The van der Waals surface area contributed by atoms with E-state index >= 15 is 0 Å². The fraction of sp³-hybridized carbons (Fsp3) is 0.207. The molecule has 0 aliphatic carbocycles. The number of nitrogens with one attached hydrogen (secondary N) is 1. The molecule has 196 valence electrons. The van der Waals surface area contributed by atoms with Gasteiger partial charge < -0.3 is 14.8 Å². The molecule has 1 amide bonds. The zero-order valence-corrected chi connectivity index (χ0v) is 21.6. The maximum absolute atomic E-state index is 12.4. The smallest absolute Gasteiger partial charge is 0.338 e. The van der Waals surface area contributed by atoms with Gasteiger partial charge in [-0.1, -0.05) is 53.6 Å². The summed E-state index contributed by atoms with van der Waals surface area (Å²) in [4.78, 5) is 61.1. The van der Waals surface area contributed by atoms with Crippen molar-refractivity contribution < 1.29 is 33.4 Å². The number of amides is 1. The van der Waals surface area contributed by atoms with Crippen molar-refractivity contribution in [3.05, 3.63) is 100 Å². The predicted octanol–water partition coefficient (Wildman–Crippen LogP) is 5.22. The van der Waals surface area contributed by atoms with Gasteiger partial charge in [-0.2, -0.15) is 0 Å². The lowest BCUT2D eigenvalue weighted by Crippen LogP contribution is -2.25. The van der Waals surface area contributed by atoms with E-state index in [1.54, 1.807) is 42.5 Å². The van der Waals surface area contributed by atoms with Gasteiger partial charge in [0, 0.05) is 28.3 Å². The summed E-state index contributed by atoms with van der Waals surface area (Å²) in [6.07, 6.45) is -1.41. The normalized spacial score (nSPS) is 11.2. The van der Waals surface area contributed by atoms with E-state index in [0.29, 0.717) is 21.8 Å². The number of aryl methyl sites for hydroxylation is 1. The summed E-state index contributed by atoms with van der Waals surface area (Å²) in [5, 5.41) is 3.01. The average Bonchev–Trinajstić information content (AvgIpc) is 2.90. The number of halogens is 1. The number of Topliss-reactive ketones (excluding diaryl/α,β-unsaturated/α-hetero) is 2. The van der Waals surface area contributed by atoms with Crippen molar-refractivity contribution in [2.75, 3.05) is 11.9 Å². The number of rotatable bonds is 11. The van der Waals surface area contributed by atoms with Crippen LogP contribution in [0.1, 0.15) is 56.4 Å². The van der Waals surface area contributed by atoms with E-state index in [9.17, 15) is 24.0 Å². The van der Waals surface area contributed by atoms with E-state index in [4.69, 9.17) is 21.1 Å². The third-order valence-corrected chi connectivity index (χ3v) is 5.69. The highest BCUT2D eigenvalue weighted by molar-refractivity contribution is 6.31. The van der Waals surface area contributed by atoms with E-state index in [2.05, 4.69) is 5.32 Å². The number of anilines is 1. The molecule has 0 radical (unpaired) electrons. The van der Waals surface area contributed by atoms with E-state index in [1.165, 1.54) is 37.3 Å². The standard InChI is InChI=1S/C29H26ClNO7/c1-18-6-8-20(9-7-18)25(32)17-37-29(36)21-10-12-24(13-11-21)31-26(33)14-15-27(34)38-19(2)28(35)22-4-3-5-23(30)16-22/h3-13,16,19H,14-15,17H2,1-2H3,(H,31,33). The molecule has 9 heteroatoms. The first-order valence-corrected chi connectivity index (χ1v) is 12.2. The van der Waals surface area contributed by atoms with E-state index in [0.717, 1.165) is 5.56 Å². The van der Waals surface area contributed by atoms with Crippen LogP contribution in [0, 0.1) is 6.92 Å². The van der Waals surface area contributed by atoms with Gasteiger partial charge in [0.25, 0.3) is 0 Å². The van der Waals surface area contributed by atoms with Crippen molar-refractivity contribution in [2.24, 2.45) is 0 Å². The third kappa shape index (κ3) is 8.38. The highest BCUT2D eigenvalue weighted by Gasteiger charge is 2.20. The molecule has 3 aromatic rings. The topological polar surface area (TPSA) is 116 Å². The van der Waals surface area contributed by atoms with Crippen molar-refractivity contribution in [1.82, 2.24) is 0 Å². The molecule has 0 bridgehead atoms. The summed E-state index contributed by atoms with van der Waals surface area (Å²) in [7, 11) is 0. The first kappa shape index (κ1) is 28.3. The molecule has 0 fully saturated rings.